The number of ether oxygens (including phenoxy) is 1. The molecule has 1 aliphatic heterocycles. The molecule has 1 heterocycles. The van der Waals surface area contributed by atoms with Crippen LogP contribution in [0.15, 0.2) is 78.5 Å². The van der Waals surface area contributed by atoms with Gasteiger partial charge in [-0.05, 0) is 30.2 Å². The fraction of sp³-hybridized carbons (Fsp3) is 0.217. The van der Waals surface area contributed by atoms with Crippen LogP contribution in [-0.2, 0) is 20.9 Å². The zero-order valence-corrected chi connectivity index (χ0v) is 15.7. The number of amides is 1. The number of benzene rings is 2. The van der Waals surface area contributed by atoms with Gasteiger partial charge in [0.15, 0.2) is 0 Å². The first-order valence-electron chi connectivity index (χ1n) is 9.09. The first kappa shape index (κ1) is 19.5. The van der Waals surface area contributed by atoms with Crippen molar-refractivity contribution in [3.05, 3.63) is 95.5 Å². The van der Waals surface area contributed by atoms with Crippen molar-refractivity contribution in [1.82, 2.24) is 4.90 Å². The van der Waals surface area contributed by atoms with Gasteiger partial charge in [-0.15, -0.1) is 0 Å². The van der Waals surface area contributed by atoms with Crippen LogP contribution in [0.4, 0.5) is 4.39 Å². The lowest BCUT2D eigenvalue weighted by Crippen LogP contribution is -2.38. The summed E-state index contributed by atoms with van der Waals surface area (Å²) in [5, 5.41) is 0. The highest BCUT2D eigenvalue weighted by atomic mass is 19.1. The third kappa shape index (κ3) is 4.19. The molecule has 4 nitrogen and oxygen atoms in total. The summed E-state index contributed by atoms with van der Waals surface area (Å²) in [5.74, 6) is -1.33. The molecule has 0 bridgehead atoms. The van der Waals surface area contributed by atoms with Crippen molar-refractivity contribution in [2.24, 2.45) is 0 Å². The molecule has 1 atom stereocenters. The molecule has 1 aliphatic rings. The van der Waals surface area contributed by atoms with Crippen LogP contribution >= 0.6 is 0 Å². The maximum atomic E-state index is 13.5. The van der Waals surface area contributed by atoms with Gasteiger partial charge in [0.1, 0.15) is 12.4 Å². The third-order valence-electron chi connectivity index (χ3n) is 4.81. The predicted octanol–water partition coefficient (Wildman–Crippen LogP) is 4.35. The Hall–Kier alpha value is -3.21. The van der Waals surface area contributed by atoms with Crippen LogP contribution in [0, 0.1) is 5.82 Å². The first-order valence-corrected chi connectivity index (χ1v) is 9.09. The zero-order chi connectivity index (χ0) is 20.1. The average molecular weight is 379 g/mol. The number of hydrogen-bond donors (Lipinski definition) is 0. The van der Waals surface area contributed by atoms with Crippen LogP contribution in [0.5, 0.6) is 0 Å². The second-order valence-corrected chi connectivity index (χ2v) is 6.66. The second kappa shape index (κ2) is 8.65. The summed E-state index contributed by atoms with van der Waals surface area (Å²) in [6.07, 6.45) is 1.65. The summed E-state index contributed by atoms with van der Waals surface area (Å²) in [6.45, 7) is 5.59. The quantitative estimate of drug-likeness (QED) is 0.554. The van der Waals surface area contributed by atoms with Gasteiger partial charge < -0.3 is 9.64 Å². The van der Waals surface area contributed by atoms with E-state index >= 15 is 0 Å². The van der Waals surface area contributed by atoms with Crippen molar-refractivity contribution < 1.29 is 18.7 Å². The van der Waals surface area contributed by atoms with E-state index in [1.807, 2.05) is 30.3 Å². The van der Waals surface area contributed by atoms with Gasteiger partial charge in [-0.1, -0.05) is 55.1 Å². The summed E-state index contributed by atoms with van der Waals surface area (Å²) in [4.78, 5) is 27.2. The predicted molar refractivity (Wildman–Crippen MR) is 105 cm³/mol. The number of carbonyl (C=O) groups excluding carboxylic acids is 2. The highest BCUT2D eigenvalue weighted by Gasteiger charge is 2.36. The number of rotatable bonds is 6. The molecule has 0 saturated carbocycles. The summed E-state index contributed by atoms with van der Waals surface area (Å²) in [5.41, 5.74) is 2.52. The Bertz CT molecular complexity index is 920. The van der Waals surface area contributed by atoms with E-state index in [1.165, 1.54) is 23.1 Å². The molecule has 5 heteroatoms. The highest BCUT2D eigenvalue weighted by Crippen LogP contribution is 2.37. The monoisotopic (exact) mass is 379 g/mol. The Morgan fingerprint density at radius 3 is 2.68 bits per heavy atom. The zero-order valence-electron chi connectivity index (χ0n) is 15.7. The van der Waals surface area contributed by atoms with Gasteiger partial charge in [0, 0.05) is 18.0 Å². The molecule has 28 heavy (non-hydrogen) atoms. The third-order valence-corrected chi connectivity index (χ3v) is 4.81. The van der Waals surface area contributed by atoms with Gasteiger partial charge in [0.25, 0.3) is 0 Å². The molecular weight excluding hydrogens is 357 g/mol. The van der Waals surface area contributed by atoms with Crippen molar-refractivity contribution in [2.45, 2.75) is 25.8 Å². The number of hydrogen-bond acceptors (Lipinski definition) is 3. The highest BCUT2D eigenvalue weighted by molar-refractivity contribution is 5.95. The Morgan fingerprint density at radius 1 is 1.25 bits per heavy atom. The van der Waals surface area contributed by atoms with Crippen LogP contribution in [0.2, 0.25) is 0 Å². The second-order valence-electron chi connectivity index (χ2n) is 6.66. The van der Waals surface area contributed by atoms with Gasteiger partial charge >= 0.3 is 5.97 Å². The lowest BCUT2D eigenvalue weighted by molar-refractivity contribution is -0.139. The molecule has 0 spiro atoms. The van der Waals surface area contributed by atoms with Gasteiger partial charge in [0.05, 0.1) is 12.1 Å². The topological polar surface area (TPSA) is 46.6 Å². The number of nitrogens with zero attached hydrogens (tertiary/aromatic N) is 1. The first-order chi connectivity index (χ1) is 13.5. The average Bonchev–Trinajstić information content (AvgIpc) is 2.69. The molecule has 0 radical (unpaired) electrons. The maximum absolute atomic E-state index is 13.5. The molecular formula is C23H22FNO3. The normalized spacial score (nSPS) is 16.9. The van der Waals surface area contributed by atoms with E-state index in [0.29, 0.717) is 16.8 Å². The van der Waals surface area contributed by atoms with Crippen LogP contribution in [-0.4, -0.2) is 23.4 Å². The van der Waals surface area contributed by atoms with E-state index in [4.69, 9.17) is 4.74 Å². The summed E-state index contributed by atoms with van der Waals surface area (Å²) in [7, 11) is 0. The summed E-state index contributed by atoms with van der Waals surface area (Å²) in [6, 6.07) is 15.5. The van der Waals surface area contributed by atoms with Crippen molar-refractivity contribution in [3.8, 4) is 0 Å². The minimum absolute atomic E-state index is 0.0922. The molecule has 0 fully saturated rings. The van der Waals surface area contributed by atoms with E-state index in [2.05, 4.69) is 6.58 Å². The molecule has 0 N–H and O–H groups in total. The minimum atomic E-state index is -0.469. The molecule has 3 rings (SSSR count). The van der Waals surface area contributed by atoms with Crippen molar-refractivity contribution in [1.29, 1.82) is 0 Å². The molecule has 2 aromatic rings. The largest absolute Gasteiger partial charge is 0.458 e. The van der Waals surface area contributed by atoms with Gasteiger partial charge in [-0.25, -0.2) is 9.18 Å². The Balaban J connectivity index is 2.01. The van der Waals surface area contributed by atoms with E-state index in [9.17, 15) is 14.0 Å². The van der Waals surface area contributed by atoms with Crippen molar-refractivity contribution >= 4 is 11.9 Å². The number of esters is 1. The van der Waals surface area contributed by atoms with E-state index in [-0.39, 0.29) is 37.2 Å². The van der Waals surface area contributed by atoms with Gasteiger partial charge in [0.2, 0.25) is 5.91 Å². The van der Waals surface area contributed by atoms with Crippen LogP contribution < -0.4 is 0 Å². The van der Waals surface area contributed by atoms with Crippen molar-refractivity contribution in [3.63, 3.8) is 0 Å². The number of halogens is 1. The standard InChI is InChI=1S/C23H22FNO3/c1-3-12-28-23(27)22-16(2)25(15-17-8-7-11-19(24)13-17)21(26)14-20(22)18-9-5-4-6-10-18/h3-11,13,20H,1,12,14-15H2,2H3. The maximum Gasteiger partial charge on any atom is 0.336 e. The van der Waals surface area contributed by atoms with Crippen LogP contribution in [0.3, 0.4) is 0 Å². The molecule has 1 amide bonds. The van der Waals surface area contributed by atoms with E-state index < -0.39 is 5.97 Å². The molecule has 144 valence electrons. The lowest BCUT2D eigenvalue weighted by Gasteiger charge is -2.34. The van der Waals surface area contributed by atoms with Crippen molar-refractivity contribution in [2.75, 3.05) is 6.61 Å². The van der Waals surface area contributed by atoms with Gasteiger partial charge in [-0.3, -0.25) is 4.79 Å². The minimum Gasteiger partial charge on any atom is -0.458 e. The fourth-order valence-electron chi connectivity index (χ4n) is 3.47. The van der Waals surface area contributed by atoms with E-state index in [1.54, 1.807) is 19.1 Å². The fourth-order valence-corrected chi connectivity index (χ4v) is 3.47. The van der Waals surface area contributed by atoms with E-state index in [0.717, 1.165) is 5.56 Å². The Kier molecular flexibility index (Phi) is 6.04. The molecule has 0 saturated heterocycles. The molecule has 0 aromatic heterocycles. The SMILES string of the molecule is C=CCOC(=O)C1=C(C)N(Cc2cccc(F)c2)C(=O)CC1c1ccccc1. The molecule has 2 aromatic carbocycles. The van der Waals surface area contributed by atoms with Crippen LogP contribution in [0.25, 0.3) is 0 Å². The van der Waals surface area contributed by atoms with Crippen LogP contribution in [0.1, 0.15) is 30.4 Å². The number of allylic oxidation sites excluding steroid dienone is 1. The Labute approximate surface area is 163 Å². The van der Waals surface area contributed by atoms with Gasteiger partial charge in [-0.2, -0.15) is 0 Å². The Morgan fingerprint density at radius 2 is 2.00 bits per heavy atom. The smallest absolute Gasteiger partial charge is 0.336 e. The summed E-state index contributed by atoms with van der Waals surface area (Å²) < 4.78 is 18.8. The summed E-state index contributed by atoms with van der Waals surface area (Å²) >= 11 is 0. The lowest BCUT2D eigenvalue weighted by atomic mass is 9.83. The molecule has 0 aliphatic carbocycles. The number of carbonyl (C=O) groups is 2. The molecule has 1 unspecified atom stereocenters.